The van der Waals surface area contributed by atoms with E-state index in [1.165, 1.54) is 11.3 Å². The Bertz CT molecular complexity index is 498. The van der Waals surface area contributed by atoms with Gasteiger partial charge in [0, 0.05) is 12.0 Å². The number of nitrogens with one attached hydrogen (secondary N) is 1. The lowest BCUT2D eigenvalue weighted by Crippen LogP contribution is -2.11. The van der Waals surface area contributed by atoms with E-state index < -0.39 is 0 Å². The van der Waals surface area contributed by atoms with E-state index in [4.69, 9.17) is 0 Å². The Kier molecular flexibility index (Phi) is 4.11. The fraction of sp³-hybridized carbons (Fsp3) is 0.182. The molecule has 1 amide bonds. The third-order valence-corrected chi connectivity index (χ3v) is 3.14. The van der Waals surface area contributed by atoms with Crippen molar-refractivity contribution in [2.24, 2.45) is 0 Å². The summed E-state index contributed by atoms with van der Waals surface area (Å²) in [4.78, 5) is 11.3. The van der Waals surface area contributed by atoms with Gasteiger partial charge in [0.15, 0.2) is 0 Å². The summed E-state index contributed by atoms with van der Waals surface area (Å²) in [6.07, 6.45) is 0.378. The number of carbonyl (C=O) groups is 1. The Hall–Kier alpha value is -1.40. The molecule has 1 heterocycles. The lowest BCUT2D eigenvalue weighted by atomic mass is 10.2. The van der Waals surface area contributed by atoms with Gasteiger partial charge in [-0.2, -0.15) is 12.6 Å². The summed E-state index contributed by atoms with van der Waals surface area (Å²) in [7, 11) is 0. The van der Waals surface area contributed by atoms with Gasteiger partial charge in [-0.1, -0.05) is 41.7 Å². The fourth-order valence-electron chi connectivity index (χ4n) is 1.25. The van der Waals surface area contributed by atoms with E-state index in [1.807, 2.05) is 30.3 Å². The van der Waals surface area contributed by atoms with Gasteiger partial charge in [0.05, 0.1) is 0 Å². The molecule has 1 aromatic heterocycles. The molecule has 0 aliphatic heterocycles. The second-order valence-electron chi connectivity index (χ2n) is 3.30. The second kappa shape index (κ2) is 5.79. The monoisotopic (exact) mass is 265 g/mol. The molecule has 0 fully saturated rings. The summed E-state index contributed by atoms with van der Waals surface area (Å²) in [5, 5.41) is 12.0. The van der Waals surface area contributed by atoms with Crippen LogP contribution in [0.4, 0.5) is 5.13 Å². The van der Waals surface area contributed by atoms with Crippen molar-refractivity contribution in [3.8, 4) is 10.6 Å². The van der Waals surface area contributed by atoms with E-state index in [0.29, 0.717) is 17.3 Å². The molecule has 2 rings (SSSR count). The van der Waals surface area contributed by atoms with Crippen LogP contribution in [-0.2, 0) is 4.79 Å². The average Bonchev–Trinajstić information content (AvgIpc) is 2.79. The molecular formula is C11H11N3OS2. The van der Waals surface area contributed by atoms with Crippen LogP contribution in [0.15, 0.2) is 30.3 Å². The molecule has 88 valence electrons. The summed E-state index contributed by atoms with van der Waals surface area (Å²) in [5.41, 5.74) is 1.000. The van der Waals surface area contributed by atoms with Crippen molar-refractivity contribution in [1.82, 2.24) is 10.2 Å². The van der Waals surface area contributed by atoms with Crippen LogP contribution in [0.3, 0.4) is 0 Å². The molecule has 2 aromatic rings. The van der Waals surface area contributed by atoms with Crippen molar-refractivity contribution in [1.29, 1.82) is 0 Å². The third kappa shape index (κ3) is 3.28. The van der Waals surface area contributed by atoms with E-state index in [1.54, 1.807) is 0 Å². The zero-order valence-electron chi connectivity index (χ0n) is 8.96. The molecule has 0 unspecified atom stereocenters. The van der Waals surface area contributed by atoms with Crippen molar-refractivity contribution < 1.29 is 4.79 Å². The van der Waals surface area contributed by atoms with Crippen LogP contribution >= 0.6 is 24.0 Å². The molecule has 0 bridgehead atoms. The Balaban J connectivity index is 2.09. The quantitative estimate of drug-likeness (QED) is 0.835. The smallest absolute Gasteiger partial charge is 0.227 e. The van der Waals surface area contributed by atoms with E-state index in [9.17, 15) is 4.79 Å². The molecule has 0 saturated carbocycles. The van der Waals surface area contributed by atoms with Crippen LogP contribution in [0, 0.1) is 0 Å². The Morgan fingerprint density at radius 2 is 2.06 bits per heavy atom. The maximum Gasteiger partial charge on any atom is 0.227 e. The summed E-state index contributed by atoms with van der Waals surface area (Å²) in [6, 6.07) is 9.74. The molecule has 0 aliphatic rings. The van der Waals surface area contributed by atoms with Gasteiger partial charge in [0.1, 0.15) is 5.01 Å². The number of benzene rings is 1. The number of rotatable bonds is 4. The van der Waals surface area contributed by atoms with Gasteiger partial charge >= 0.3 is 0 Å². The van der Waals surface area contributed by atoms with E-state index >= 15 is 0 Å². The Morgan fingerprint density at radius 3 is 2.76 bits per heavy atom. The lowest BCUT2D eigenvalue weighted by molar-refractivity contribution is -0.115. The van der Waals surface area contributed by atoms with Crippen LogP contribution in [-0.4, -0.2) is 21.9 Å². The molecule has 0 radical (unpaired) electrons. The number of anilines is 1. The molecule has 17 heavy (non-hydrogen) atoms. The van der Waals surface area contributed by atoms with Crippen molar-refractivity contribution in [3.05, 3.63) is 30.3 Å². The maximum atomic E-state index is 11.3. The molecule has 0 aliphatic carbocycles. The summed E-state index contributed by atoms with van der Waals surface area (Å²) in [6.45, 7) is 0. The average molecular weight is 265 g/mol. The first-order valence-electron chi connectivity index (χ1n) is 5.09. The van der Waals surface area contributed by atoms with Gasteiger partial charge < -0.3 is 5.32 Å². The molecule has 0 saturated heterocycles. The molecule has 4 nitrogen and oxygen atoms in total. The first-order valence-corrected chi connectivity index (χ1v) is 6.54. The maximum absolute atomic E-state index is 11.3. The largest absolute Gasteiger partial charge is 0.300 e. The highest BCUT2D eigenvalue weighted by Gasteiger charge is 2.08. The summed E-state index contributed by atoms with van der Waals surface area (Å²) in [5.74, 6) is 0.437. The normalized spacial score (nSPS) is 10.2. The predicted octanol–water partition coefficient (Wildman–Crippen LogP) is 2.46. The Labute approximate surface area is 108 Å². The number of nitrogens with zero attached hydrogens (tertiary/aromatic N) is 2. The van der Waals surface area contributed by atoms with Gasteiger partial charge in [0.25, 0.3) is 0 Å². The zero-order valence-corrected chi connectivity index (χ0v) is 10.7. The van der Waals surface area contributed by atoms with Gasteiger partial charge in [-0.3, -0.25) is 4.79 Å². The molecule has 0 atom stereocenters. The SMILES string of the molecule is O=C(CCS)Nc1nnc(-c2ccccc2)s1. The molecule has 0 spiro atoms. The van der Waals surface area contributed by atoms with E-state index in [-0.39, 0.29) is 5.91 Å². The van der Waals surface area contributed by atoms with Crippen LogP contribution in [0.2, 0.25) is 0 Å². The molecule has 1 N–H and O–H groups in total. The number of aromatic nitrogens is 2. The topological polar surface area (TPSA) is 54.9 Å². The second-order valence-corrected chi connectivity index (χ2v) is 4.72. The van der Waals surface area contributed by atoms with Gasteiger partial charge in [0.2, 0.25) is 11.0 Å². The number of thiol groups is 1. The van der Waals surface area contributed by atoms with E-state index in [2.05, 4.69) is 28.1 Å². The fourth-order valence-corrected chi connectivity index (χ4v) is 2.22. The third-order valence-electron chi connectivity index (χ3n) is 2.03. The van der Waals surface area contributed by atoms with Crippen molar-refractivity contribution >= 4 is 35.0 Å². The van der Waals surface area contributed by atoms with E-state index in [0.717, 1.165) is 10.6 Å². The zero-order chi connectivity index (χ0) is 12.1. The van der Waals surface area contributed by atoms with Gasteiger partial charge in [-0.25, -0.2) is 0 Å². The highest BCUT2D eigenvalue weighted by Crippen LogP contribution is 2.25. The highest BCUT2D eigenvalue weighted by molar-refractivity contribution is 7.80. The number of carbonyl (C=O) groups excluding carboxylic acids is 1. The summed E-state index contributed by atoms with van der Waals surface area (Å²) < 4.78 is 0. The molecular weight excluding hydrogens is 254 g/mol. The number of amides is 1. The number of hydrogen-bond donors (Lipinski definition) is 2. The van der Waals surface area contributed by atoms with Gasteiger partial charge in [-0.15, -0.1) is 10.2 Å². The Morgan fingerprint density at radius 1 is 1.29 bits per heavy atom. The van der Waals surface area contributed by atoms with Crippen LogP contribution < -0.4 is 5.32 Å². The predicted molar refractivity (Wildman–Crippen MR) is 72.4 cm³/mol. The van der Waals surface area contributed by atoms with Gasteiger partial charge in [-0.05, 0) is 5.75 Å². The molecule has 1 aromatic carbocycles. The summed E-state index contributed by atoms with van der Waals surface area (Å²) >= 11 is 5.36. The lowest BCUT2D eigenvalue weighted by Gasteiger charge is -1.96. The molecule has 6 heteroatoms. The minimum absolute atomic E-state index is 0.0873. The van der Waals surface area contributed by atoms with Crippen LogP contribution in [0.25, 0.3) is 10.6 Å². The first kappa shape index (κ1) is 12.1. The van der Waals surface area contributed by atoms with Crippen LogP contribution in [0.5, 0.6) is 0 Å². The van der Waals surface area contributed by atoms with Crippen molar-refractivity contribution in [3.63, 3.8) is 0 Å². The highest BCUT2D eigenvalue weighted by atomic mass is 32.1. The van der Waals surface area contributed by atoms with Crippen LogP contribution in [0.1, 0.15) is 6.42 Å². The standard InChI is InChI=1S/C11H11N3OS2/c15-9(6-7-16)12-11-14-13-10(17-11)8-4-2-1-3-5-8/h1-5,16H,6-7H2,(H,12,14,15). The minimum atomic E-state index is -0.0873. The van der Waals surface area contributed by atoms with Crippen molar-refractivity contribution in [2.45, 2.75) is 6.42 Å². The minimum Gasteiger partial charge on any atom is -0.300 e. The van der Waals surface area contributed by atoms with Crippen molar-refractivity contribution in [2.75, 3.05) is 11.1 Å². The number of hydrogen-bond acceptors (Lipinski definition) is 5. The first-order chi connectivity index (χ1) is 8.29.